The topological polar surface area (TPSA) is 80.9 Å². The molecule has 7 heteroatoms. The van der Waals surface area contributed by atoms with Crippen molar-refractivity contribution in [3.63, 3.8) is 0 Å². The molecule has 2 rings (SSSR count). The van der Waals surface area contributed by atoms with Gasteiger partial charge in [-0.1, -0.05) is 6.92 Å². The van der Waals surface area contributed by atoms with E-state index < -0.39 is 10.0 Å². The molecule has 1 heterocycles. The predicted octanol–water partition coefficient (Wildman–Crippen LogP) is 1.76. The quantitative estimate of drug-likeness (QED) is 0.835. The van der Waals surface area contributed by atoms with Gasteiger partial charge in [-0.05, 0) is 36.8 Å². The summed E-state index contributed by atoms with van der Waals surface area (Å²) in [5.41, 5.74) is 1.58. The summed E-state index contributed by atoms with van der Waals surface area (Å²) < 4.78 is 25.0. The standard InChI is InChI=1S/C10H13N3O2S2/c1-2-5-13-9-4-3-7(17(11,14)15)6-8(9)12-10(13)16/h3-4,6H,2,5H2,1H3,(H,12,16)(H2,11,14,15). The molecule has 3 N–H and O–H groups in total. The Labute approximate surface area is 104 Å². The number of nitrogens with zero attached hydrogens (tertiary/aromatic N) is 1. The molecule has 1 aromatic heterocycles. The molecule has 0 aliphatic carbocycles. The monoisotopic (exact) mass is 271 g/mol. The number of imidazole rings is 1. The van der Waals surface area contributed by atoms with Crippen LogP contribution in [0.5, 0.6) is 0 Å². The Hall–Kier alpha value is -1.18. The van der Waals surface area contributed by atoms with E-state index in [1.807, 2.05) is 4.57 Å². The lowest BCUT2D eigenvalue weighted by molar-refractivity contribution is 0.598. The van der Waals surface area contributed by atoms with Gasteiger partial charge in [-0.2, -0.15) is 0 Å². The number of rotatable bonds is 3. The van der Waals surface area contributed by atoms with Crippen LogP contribution in [0.3, 0.4) is 0 Å². The lowest BCUT2D eigenvalue weighted by Gasteiger charge is -2.02. The molecule has 0 unspecified atom stereocenters. The second-order valence-corrected chi connectivity index (χ2v) is 5.75. The molecule has 0 saturated heterocycles. The van der Waals surface area contributed by atoms with Gasteiger partial charge in [-0.25, -0.2) is 13.6 Å². The largest absolute Gasteiger partial charge is 0.331 e. The van der Waals surface area contributed by atoms with Gasteiger partial charge in [-0.3, -0.25) is 0 Å². The third-order valence-corrected chi connectivity index (χ3v) is 3.75. The summed E-state index contributed by atoms with van der Waals surface area (Å²) in [5, 5.41) is 5.08. The van der Waals surface area contributed by atoms with Crippen molar-refractivity contribution in [2.45, 2.75) is 24.8 Å². The van der Waals surface area contributed by atoms with Crippen molar-refractivity contribution in [3.8, 4) is 0 Å². The molecule has 0 aliphatic heterocycles. The molecule has 0 saturated carbocycles. The van der Waals surface area contributed by atoms with E-state index in [1.54, 1.807) is 6.07 Å². The average molecular weight is 271 g/mol. The Bertz CT molecular complexity index is 713. The number of sulfonamides is 1. The zero-order valence-electron chi connectivity index (χ0n) is 9.30. The van der Waals surface area contributed by atoms with Crippen LogP contribution in [-0.4, -0.2) is 18.0 Å². The molecule has 0 aliphatic rings. The number of nitrogens with two attached hydrogens (primary N) is 1. The van der Waals surface area contributed by atoms with Crippen molar-refractivity contribution in [3.05, 3.63) is 23.0 Å². The lowest BCUT2D eigenvalue weighted by atomic mass is 10.3. The maximum atomic E-state index is 11.2. The number of nitrogens with one attached hydrogen (secondary N) is 1. The molecule has 1 aromatic carbocycles. The summed E-state index contributed by atoms with van der Waals surface area (Å²) in [6.45, 7) is 2.85. The maximum absolute atomic E-state index is 11.2. The number of primary sulfonamides is 1. The Morgan fingerprint density at radius 3 is 2.76 bits per heavy atom. The summed E-state index contributed by atoms with van der Waals surface area (Å²) in [6.07, 6.45) is 0.957. The van der Waals surface area contributed by atoms with Crippen LogP contribution in [0.15, 0.2) is 23.1 Å². The van der Waals surface area contributed by atoms with E-state index in [2.05, 4.69) is 11.9 Å². The fourth-order valence-electron chi connectivity index (χ4n) is 1.77. The van der Waals surface area contributed by atoms with E-state index in [0.717, 1.165) is 18.5 Å². The van der Waals surface area contributed by atoms with Gasteiger partial charge in [0.25, 0.3) is 0 Å². The molecule has 0 radical (unpaired) electrons. The highest BCUT2D eigenvalue weighted by Gasteiger charge is 2.10. The van der Waals surface area contributed by atoms with Crippen LogP contribution in [0.1, 0.15) is 13.3 Å². The Morgan fingerprint density at radius 2 is 2.18 bits per heavy atom. The molecule has 0 amide bonds. The van der Waals surface area contributed by atoms with Gasteiger partial charge < -0.3 is 9.55 Å². The van der Waals surface area contributed by atoms with Crippen LogP contribution in [0.25, 0.3) is 11.0 Å². The molecule has 92 valence electrons. The molecule has 17 heavy (non-hydrogen) atoms. The van der Waals surface area contributed by atoms with Gasteiger partial charge in [0.15, 0.2) is 4.77 Å². The first-order chi connectivity index (χ1) is 7.93. The number of aromatic nitrogens is 2. The zero-order chi connectivity index (χ0) is 12.6. The summed E-state index contributed by atoms with van der Waals surface area (Å²) in [5.74, 6) is 0. The first-order valence-corrected chi connectivity index (χ1v) is 7.14. The minimum absolute atomic E-state index is 0.0879. The fourth-order valence-corrected chi connectivity index (χ4v) is 2.60. The number of aryl methyl sites for hydroxylation is 1. The van der Waals surface area contributed by atoms with Crippen molar-refractivity contribution < 1.29 is 8.42 Å². The van der Waals surface area contributed by atoms with E-state index in [4.69, 9.17) is 17.4 Å². The number of hydrogen-bond acceptors (Lipinski definition) is 3. The number of fused-ring (bicyclic) bond motifs is 1. The Kier molecular flexibility index (Phi) is 3.07. The summed E-state index contributed by atoms with van der Waals surface area (Å²) >= 11 is 5.18. The van der Waals surface area contributed by atoms with Gasteiger partial charge in [0.2, 0.25) is 10.0 Å². The van der Waals surface area contributed by atoms with Crippen molar-refractivity contribution in [2.24, 2.45) is 5.14 Å². The predicted molar refractivity (Wildman–Crippen MR) is 68.8 cm³/mol. The van der Waals surface area contributed by atoms with Crippen LogP contribution in [0.4, 0.5) is 0 Å². The van der Waals surface area contributed by atoms with Crippen molar-refractivity contribution in [2.75, 3.05) is 0 Å². The molecular weight excluding hydrogens is 258 g/mol. The third kappa shape index (κ3) is 2.26. The highest BCUT2D eigenvalue weighted by molar-refractivity contribution is 7.89. The van der Waals surface area contributed by atoms with Crippen molar-refractivity contribution >= 4 is 33.3 Å². The first-order valence-electron chi connectivity index (χ1n) is 5.19. The van der Waals surface area contributed by atoms with Crippen LogP contribution in [0.2, 0.25) is 0 Å². The summed E-state index contributed by atoms with van der Waals surface area (Å²) in [6, 6.07) is 4.72. The van der Waals surface area contributed by atoms with Crippen LogP contribution >= 0.6 is 12.2 Å². The van der Waals surface area contributed by atoms with E-state index in [0.29, 0.717) is 10.3 Å². The first kappa shape index (κ1) is 12.3. The van der Waals surface area contributed by atoms with Crippen LogP contribution in [-0.2, 0) is 16.6 Å². The molecular formula is C10H13N3O2S2. The Morgan fingerprint density at radius 1 is 1.47 bits per heavy atom. The average Bonchev–Trinajstić information content (AvgIpc) is 2.54. The van der Waals surface area contributed by atoms with Gasteiger partial charge in [0.1, 0.15) is 0 Å². The van der Waals surface area contributed by atoms with Crippen LogP contribution in [0, 0.1) is 4.77 Å². The zero-order valence-corrected chi connectivity index (χ0v) is 10.9. The lowest BCUT2D eigenvalue weighted by Crippen LogP contribution is -2.11. The normalized spacial score (nSPS) is 12.1. The van der Waals surface area contributed by atoms with Crippen LogP contribution < -0.4 is 5.14 Å². The SMILES string of the molecule is CCCn1c(=S)[nH]c2cc(S(N)(=O)=O)ccc21. The van der Waals surface area contributed by atoms with Gasteiger partial charge >= 0.3 is 0 Å². The fraction of sp³-hybridized carbons (Fsp3) is 0.300. The molecule has 0 bridgehead atoms. The van der Waals surface area contributed by atoms with E-state index in [-0.39, 0.29) is 4.90 Å². The molecule has 0 fully saturated rings. The highest BCUT2D eigenvalue weighted by atomic mass is 32.2. The van der Waals surface area contributed by atoms with Gasteiger partial charge in [-0.15, -0.1) is 0 Å². The highest BCUT2D eigenvalue weighted by Crippen LogP contribution is 2.18. The van der Waals surface area contributed by atoms with E-state index in [1.165, 1.54) is 12.1 Å². The molecule has 5 nitrogen and oxygen atoms in total. The number of H-pyrrole nitrogens is 1. The second kappa shape index (κ2) is 4.25. The number of benzene rings is 1. The minimum Gasteiger partial charge on any atom is -0.331 e. The number of hydrogen-bond donors (Lipinski definition) is 2. The summed E-state index contributed by atoms with van der Waals surface area (Å²) in [4.78, 5) is 3.07. The van der Waals surface area contributed by atoms with Crippen molar-refractivity contribution in [1.82, 2.24) is 9.55 Å². The molecule has 2 aromatic rings. The van der Waals surface area contributed by atoms with E-state index in [9.17, 15) is 8.42 Å². The minimum atomic E-state index is -3.67. The second-order valence-electron chi connectivity index (χ2n) is 3.81. The van der Waals surface area contributed by atoms with Crippen molar-refractivity contribution in [1.29, 1.82) is 0 Å². The Balaban J connectivity index is 2.70. The molecule has 0 atom stereocenters. The van der Waals surface area contributed by atoms with Gasteiger partial charge in [0, 0.05) is 6.54 Å². The summed E-state index contributed by atoms with van der Waals surface area (Å²) in [7, 11) is -3.67. The maximum Gasteiger partial charge on any atom is 0.238 e. The van der Waals surface area contributed by atoms with E-state index >= 15 is 0 Å². The smallest absolute Gasteiger partial charge is 0.238 e. The molecule has 0 spiro atoms. The van der Waals surface area contributed by atoms with Gasteiger partial charge in [0.05, 0.1) is 15.9 Å². The third-order valence-electron chi connectivity index (χ3n) is 2.52. The number of aromatic amines is 1.